The van der Waals surface area contributed by atoms with Gasteiger partial charge in [0.1, 0.15) is 10.6 Å². The van der Waals surface area contributed by atoms with Gasteiger partial charge in [-0.15, -0.1) is 0 Å². The maximum absolute atomic E-state index is 12.5. The number of hydrogen-bond acceptors (Lipinski definition) is 2. The third kappa shape index (κ3) is 3.39. The van der Waals surface area contributed by atoms with E-state index in [1.165, 1.54) is 0 Å². The summed E-state index contributed by atoms with van der Waals surface area (Å²) in [5.41, 5.74) is -0.712. The highest BCUT2D eigenvalue weighted by molar-refractivity contribution is 8.45. The molecule has 104 valence electrons. The molecule has 1 aromatic carbocycles. The molecule has 0 unspecified atom stereocenters. The van der Waals surface area contributed by atoms with Crippen LogP contribution in [0.2, 0.25) is 0 Å². The molecule has 0 bridgehead atoms. The number of rotatable bonds is 3. The Kier molecular flexibility index (Phi) is 2.71. The molecular weight excluding hydrogens is 285 g/mol. The molecule has 0 radical (unpaired) electrons. The Labute approximate surface area is 98.1 Å². The Balaban J connectivity index is 3.41. The summed E-state index contributed by atoms with van der Waals surface area (Å²) in [6, 6.07) is 0.737. The average molecular weight is 293 g/mol. The van der Waals surface area contributed by atoms with Crippen molar-refractivity contribution < 1.29 is 34.1 Å². The van der Waals surface area contributed by atoms with Gasteiger partial charge in [-0.25, -0.2) is 4.79 Å². The van der Waals surface area contributed by atoms with Crippen LogP contribution in [0.15, 0.2) is 23.1 Å². The fraction of sp³-hybridized carbons (Fsp3) is 0.125. The van der Waals surface area contributed by atoms with Crippen molar-refractivity contribution in [3.8, 4) is 5.75 Å². The molecular formula is C8H8F5NO3S. The van der Waals surface area contributed by atoms with Gasteiger partial charge in [-0.1, -0.05) is 19.4 Å². The van der Waals surface area contributed by atoms with Crippen molar-refractivity contribution in [3.63, 3.8) is 0 Å². The van der Waals surface area contributed by atoms with Crippen LogP contribution in [-0.4, -0.2) is 18.3 Å². The SMILES string of the molecule is COc1ccc(S(F)(F)(F)(F)F)cc1NC(=O)O. The monoisotopic (exact) mass is 293 g/mol. The van der Waals surface area contributed by atoms with Gasteiger partial charge in [0, 0.05) is 0 Å². The molecule has 0 atom stereocenters. The van der Waals surface area contributed by atoms with Gasteiger partial charge in [0.15, 0.2) is 0 Å². The molecule has 2 N–H and O–H groups in total. The number of methoxy groups -OCH3 is 1. The van der Waals surface area contributed by atoms with Crippen molar-refractivity contribution >= 4 is 22.0 Å². The van der Waals surface area contributed by atoms with Crippen LogP contribution < -0.4 is 10.1 Å². The smallest absolute Gasteiger partial charge is 0.409 e. The second kappa shape index (κ2) is 3.40. The molecule has 10 heteroatoms. The number of amides is 1. The number of carboxylic acid groups (broad SMARTS) is 1. The lowest BCUT2D eigenvalue weighted by atomic mass is 10.3. The number of hydrogen-bond donors (Lipinski definition) is 2. The van der Waals surface area contributed by atoms with Crippen LogP contribution in [0.5, 0.6) is 5.75 Å². The summed E-state index contributed by atoms with van der Waals surface area (Å²) < 4.78 is 67.0. The molecule has 0 aliphatic carbocycles. The molecule has 18 heavy (non-hydrogen) atoms. The first-order valence-electron chi connectivity index (χ1n) is 4.25. The maximum Gasteiger partial charge on any atom is 0.409 e. The summed E-state index contributed by atoms with van der Waals surface area (Å²) >= 11 is 0. The Morgan fingerprint density at radius 1 is 1.28 bits per heavy atom. The fourth-order valence-electron chi connectivity index (χ4n) is 1.14. The standard InChI is InChI=1S/C8H8F5NO3S/c1-17-7-3-2-5(18(9,10,11,12)13)4-6(7)14-8(15)16/h2-4,14H,1H3,(H,15,16). The maximum atomic E-state index is 12.5. The lowest BCUT2D eigenvalue weighted by Crippen LogP contribution is -2.11. The van der Waals surface area contributed by atoms with Crippen LogP contribution in [0, 0.1) is 0 Å². The van der Waals surface area contributed by atoms with E-state index >= 15 is 0 Å². The minimum absolute atomic E-state index is 0.00545. The Morgan fingerprint density at radius 2 is 1.83 bits per heavy atom. The zero-order valence-electron chi connectivity index (χ0n) is 8.79. The molecule has 4 nitrogen and oxygen atoms in total. The second-order valence-electron chi connectivity index (χ2n) is 3.26. The van der Waals surface area contributed by atoms with E-state index < -0.39 is 26.9 Å². The molecule has 0 saturated heterocycles. The molecule has 1 rings (SSSR count). The first kappa shape index (κ1) is 14.4. The van der Waals surface area contributed by atoms with E-state index in [2.05, 4.69) is 4.74 Å². The van der Waals surface area contributed by atoms with Crippen LogP contribution in [0.4, 0.5) is 29.9 Å². The third-order valence-electron chi connectivity index (χ3n) is 1.86. The zero-order chi connectivity index (χ0) is 14.3. The van der Waals surface area contributed by atoms with E-state index in [0.29, 0.717) is 6.07 Å². The van der Waals surface area contributed by atoms with Crippen LogP contribution in [-0.2, 0) is 0 Å². The highest BCUT2D eigenvalue weighted by Gasteiger charge is 2.65. The van der Waals surface area contributed by atoms with Gasteiger partial charge in [0.05, 0.1) is 12.8 Å². The number of ether oxygens (including phenoxy) is 1. The van der Waals surface area contributed by atoms with Gasteiger partial charge in [0.2, 0.25) is 0 Å². The molecule has 0 fully saturated rings. The van der Waals surface area contributed by atoms with Crippen molar-refractivity contribution in [1.82, 2.24) is 0 Å². The second-order valence-corrected chi connectivity index (χ2v) is 5.67. The minimum Gasteiger partial charge on any atom is -0.495 e. The van der Waals surface area contributed by atoms with Crippen molar-refractivity contribution in [1.29, 1.82) is 0 Å². The van der Waals surface area contributed by atoms with Crippen molar-refractivity contribution in [2.75, 3.05) is 12.4 Å². The molecule has 0 saturated carbocycles. The van der Waals surface area contributed by atoms with Crippen LogP contribution >= 0.6 is 10.2 Å². The van der Waals surface area contributed by atoms with Gasteiger partial charge < -0.3 is 9.84 Å². The van der Waals surface area contributed by atoms with Crippen molar-refractivity contribution in [3.05, 3.63) is 18.2 Å². The number of carbonyl (C=O) groups is 1. The first-order chi connectivity index (χ1) is 7.83. The largest absolute Gasteiger partial charge is 0.495 e. The summed E-state index contributed by atoms with van der Waals surface area (Å²) in [7, 11) is -8.79. The van der Waals surface area contributed by atoms with E-state index in [1.54, 1.807) is 5.32 Å². The summed E-state index contributed by atoms with van der Waals surface area (Å²) in [6.45, 7) is 0. The normalized spacial score (nSPS) is 15.4. The molecule has 1 amide bonds. The van der Waals surface area contributed by atoms with Gasteiger partial charge in [-0.2, -0.15) is 0 Å². The van der Waals surface area contributed by atoms with Crippen LogP contribution in [0.3, 0.4) is 0 Å². The quantitative estimate of drug-likeness (QED) is 0.810. The average Bonchev–Trinajstić information content (AvgIpc) is 2.13. The van der Waals surface area contributed by atoms with Crippen molar-refractivity contribution in [2.45, 2.75) is 4.90 Å². The molecule has 0 heterocycles. The minimum atomic E-state index is -9.85. The predicted octanol–water partition coefficient (Wildman–Crippen LogP) is 4.44. The van der Waals surface area contributed by atoms with Crippen LogP contribution in [0.1, 0.15) is 0 Å². The van der Waals surface area contributed by atoms with E-state index in [4.69, 9.17) is 5.11 Å². The first-order valence-corrected chi connectivity index (χ1v) is 6.21. The Hall–Kier alpha value is -1.71. The lowest BCUT2D eigenvalue weighted by molar-refractivity contribution is 0.209. The number of halogens is 5. The van der Waals surface area contributed by atoms with E-state index in [-0.39, 0.29) is 17.9 Å². The molecule has 1 aromatic rings. The van der Waals surface area contributed by atoms with Gasteiger partial charge in [-0.3, -0.25) is 5.32 Å². The number of benzene rings is 1. The molecule has 0 spiro atoms. The number of anilines is 1. The summed E-state index contributed by atoms with van der Waals surface area (Å²) in [6.07, 6.45) is -1.70. The molecule has 0 aliphatic rings. The topological polar surface area (TPSA) is 58.6 Å². The summed E-state index contributed by atoms with van der Waals surface area (Å²) in [5.74, 6) is -0.303. The third-order valence-corrected chi connectivity index (χ3v) is 3.00. The summed E-state index contributed by atoms with van der Waals surface area (Å²) in [5, 5.41) is 9.93. The summed E-state index contributed by atoms with van der Waals surface area (Å²) in [4.78, 5) is 8.14. The highest BCUT2D eigenvalue weighted by atomic mass is 32.5. The van der Waals surface area contributed by atoms with E-state index in [9.17, 15) is 24.2 Å². The van der Waals surface area contributed by atoms with Gasteiger partial charge in [0.25, 0.3) is 0 Å². The number of nitrogens with one attached hydrogen (secondary N) is 1. The Bertz CT molecular complexity index is 501. The van der Waals surface area contributed by atoms with E-state index in [1.807, 2.05) is 0 Å². The fourth-order valence-corrected chi connectivity index (χ4v) is 1.81. The van der Waals surface area contributed by atoms with Crippen LogP contribution in [0.25, 0.3) is 0 Å². The van der Waals surface area contributed by atoms with Gasteiger partial charge in [-0.05, 0) is 18.2 Å². The van der Waals surface area contributed by atoms with Gasteiger partial charge >= 0.3 is 16.3 Å². The molecule has 0 aromatic heterocycles. The van der Waals surface area contributed by atoms with E-state index in [0.717, 1.165) is 7.11 Å². The molecule has 0 aliphatic heterocycles. The van der Waals surface area contributed by atoms with Crippen molar-refractivity contribution in [2.24, 2.45) is 0 Å². The predicted molar refractivity (Wildman–Crippen MR) is 56.0 cm³/mol. The zero-order valence-corrected chi connectivity index (χ0v) is 9.61. The Morgan fingerprint density at radius 3 is 2.22 bits per heavy atom. The highest BCUT2D eigenvalue weighted by Crippen LogP contribution is 3.02. The lowest BCUT2D eigenvalue weighted by Gasteiger charge is -2.40.